The highest BCUT2D eigenvalue weighted by molar-refractivity contribution is 6.06. The molecule has 0 fully saturated rings. The van der Waals surface area contributed by atoms with Crippen LogP contribution in [0.1, 0.15) is 34.4 Å². The molecule has 6 nitrogen and oxygen atoms in total. The zero-order valence-corrected chi connectivity index (χ0v) is 16.2. The summed E-state index contributed by atoms with van der Waals surface area (Å²) in [7, 11) is 1.61. The topological polar surface area (TPSA) is 63.9 Å². The number of aromatic nitrogens is 2. The largest absolute Gasteiger partial charge is 0.497 e. The Balaban J connectivity index is 2.34. The maximum absolute atomic E-state index is 13.1. The fourth-order valence-electron chi connectivity index (χ4n) is 3.34. The molecular formula is C21H23N3O3. The number of pyridine rings is 1. The molecule has 0 saturated heterocycles. The number of carbonyl (C=O) groups is 2. The van der Waals surface area contributed by atoms with E-state index in [1.165, 1.54) is 4.90 Å². The summed E-state index contributed by atoms with van der Waals surface area (Å²) in [6.45, 7) is 7.89. The van der Waals surface area contributed by atoms with Gasteiger partial charge in [-0.1, -0.05) is 12.1 Å². The van der Waals surface area contributed by atoms with Gasteiger partial charge in [0.25, 0.3) is 5.91 Å². The molecule has 2 heterocycles. The van der Waals surface area contributed by atoms with Gasteiger partial charge in [-0.3, -0.25) is 14.5 Å². The Labute approximate surface area is 158 Å². The maximum Gasteiger partial charge on any atom is 0.262 e. The van der Waals surface area contributed by atoms with E-state index >= 15 is 0 Å². The summed E-state index contributed by atoms with van der Waals surface area (Å²) in [6, 6.07) is 9.41. The number of carbonyl (C=O) groups excluding carboxylic acids is 2. The highest BCUT2D eigenvalue weighted by atomic mass is 16.5. The lowest BCUT2D eigenvalue weighted by Crippen LogP contribution is -2.31. The molecule has 0 unspecified atom stereocenters. The summed E-state index contributed by atoms with van der Waals surface area (Å²) >= 11 is 0. The average Bonchev–Trinajstić information content (AvgIpc) is 2.96. The van der Waals surface area contributed by atoms with Gasteiger partial charge in [-0.05, 0) is 57.0 Å². The molecule has 2 amide bonds. The Hall–Kier alpha value is -3.15. The van der Waals surface area contributed by atoms with Gasteiger partial charge in [-0.2, -0.15) is 0 Å². The molecule has 0 aliphatic carbocycles. The number of fused-ring (bicyclic) bond motifs is 1. The van der Waals surface area contributed by atoms with Crippen LogP contribution in [0.25, 0.3) is 16.8 Å². The lowest BCUT2D eigenvalue weighted by molar-refractivity contribution is -0.115. The number of imide groups is 1. The minimum atomic E-state index is -0.316. The SMILES string of the molecule is CCN(C=O)C(=O)c1c(-c2ccc(OC)cc2)cc2nc(C)c(C)n2c1C. The smallest absolute Gasteiger partial charge is 0.262 e. The summed E-state index contributed by atoms with van der Waals surface area (Å²) in [4.78, 5) is 30.3. The van der Waals surface area contributed by atoms with Gasteiger partial charge in [0.2, 0.25) is 6.41 Å². The van der Waals surface area contributed by atoms with Gasteiger partial charge in [0.15, 0.2) is 0 Å². The van der Waals surface area contributed by atoms with Crippen LogP contribution in [-0.2, 0) is 4.79 Å². The van der Waals surface area contributed by atoms with E-state index in [0.717, 1.165) is 39.6 Å². The number of imidazole rings is 1. The van der Waals surface area contributed by atoms with Gasteiger partial charge in [0, 0.05) is 17.9 Å². The van der Waals surface area contributed by atoms with Crippen LogP contribution in [0.4, 0.5) is 0 Å². The molecule has 0 radical (unpaired) electrons. The quantitative estimate of drug-likeness (QED) is 0.649. The molecule has 3 aromatic rings. The molecule has 1 aromatic carbocycles. The Morgan fingerprint density at radius 2 is 1.85 bits per heavy atom. The van der Waals surface area contributed by atoms with Crippen LogP contribution in [0.2, 0.25) is 0 Å². The molecule has 0 bridgehead atoms. The monoisotopic (exact) mass is 365 g/mol. The third kappa shape index (κ3) is 3.07. The van der Waals surface area contributed by atoms with E-state index in [1.807, 2.05) is 55.5 Å². The van der Waals surface area contributed by atoms with E-state index in [0.29, 0.717) is 18.5 Å². The summed E-state index contributed by atoms with van der Waals surface area (Å²) in [5.41, 5.74) is 5.55. The van der Waals surface area contributed by atoms with Crippen molar-refractivity contribution in [3.8, 4) is 16.9 Å². The molecule has 0 aliphatic rings. The fraction of sp³-hybridized carbons (Fsp3) is 0.286. The van der Waals surface area contributed by atoms with Crippen LogP contribution >= 0.6 is 0 Å². The molecule has 6 heteroatoms. The number of benzene rings is 1. The highest BCUT2D eigenvalue weighted by Gasteiger charge is 2.24. The number of ether oxygens (including phenoxy) is 1. The normalized spacial score (nSPS) is 10.9. The molecule has 3 rings (SSSR count). The van der Waals surface area contributed by atoms with Gasteiger partial charge < -0.3 is 9.14 Å². The van der Waals surface area contributed by atoms with Gasteiger partial charge in [0.05, 0.1) is 18.4 Å². The van der Waals surface area contributed by atoms with Crippen LogP contribution < -0.4 is 4.74 Å². The van der Waals surface area contributed by atoms with Crippen molar-refractivity contribution in [1.82, 2.24) is 14.3 Å². The molecule has 0 atom stereocenters. The zero-order valence-electron chi connectivity index (χ0n) is 16.2. The van der Waals surface area contributed by atoms with Crippen LogP contribution in [0.5, 0.6) is 5.75 Å². The van der Waals surface area contributed by atoms with Crippen molar-refractivity contribution in [1.29, 1.82) is 0 Å². The zero-order chi connectivity index (χ0) is 19.7. The number of hydrogen-bond acceptors (Lipinski definition) is 4. The van der Waals surface area contributed by atoms with E-state index in [-0.39, 0.29) is 5.91 Å². The van der Waals surface area contributed by atoms with Gasteiger partial charge in [0.1, 0.15) is 11.4 Å². The van der Waals surface area contributed by atoms with E-state index in [9.17, 15) is 9.59 Å². The van der Waals surface area contributed by atoms with E-state index in [4.69, 9.17) is 4.74 Å². The van der Waals surface area contributed by atoms with Crippen molar-refractivity contribution >= 4 is 18.0 Å². The molecule has 0 spiro atoms. The van der Waals surface area contributed by atoms with Crippen molar-refractivity contribution in [3.05, 3.63) is 53.0 Å². The first-order valence-corrected chi connectivity index (χ1v) is 8.82. The Kier molecular flexibility index (Phi) is 4.99. The van der Waals surface area contributed by atoms with Crippen LogP contribution in [0.3, 0.4) is 0 Å². The van der Waals surface area contributed by atoms with Gasteiger partial charge in [-0.15, -0.1) is 0 Å². The molecule has 140 valence electrons. The average molecular weight is 365 g/mol. The van der Waals surface area contributed by atoms with E-state index < -0.39 is 0 Å². The minimum Gasteiger partial charge on any atom is -0.497 e. The third-order valence-corrected chi connectivity index (χ3v) is 4.95. The fourth-order valence-corrected chi connectivity index (χ4v) is 3.34. The van der Waals surface area contributed by atoms with Gasteiger partial charge in [-0.25, -0.2) is 4.98 Å². The minimum absolute atomic E-state index is 0.309. The van der Waals surface area contributed by atoms with Crippen LogP contribution in [0, 0.1) is 20.8 Å². The van der Waals surface area contributed by atoms with Gasteiger partial charge >= 0.3 is 0 Å². The van der Waals surface area contributed by atoms with Crippen molar-refractivity contribution < 1.29 is 14.3 Å². The Bertz CT molecular complexity index is 1020. The third-order valence-electron chi connectivity index (χ3n) is 4.95. The summed E-state index contributed by atoms with van der Waals surface area (Å²) in [6.07, 6.45) is 0.579. The molecule has 0 N–H and O–H groups in total. The van der Waals surface area contributed by atoms with Crippen molar-refractivity contribution in [2.75, 3.05) is 13.7 Å². The number of aryl methyl sites for hydroxylation is 3. The number of amides is 2. The maximum atomic E-state index is 13.1. The molecule has 27 heavy (non-hydrogen) atoms. The summed E-state index contributed by atoms with van der Waals surface area (Å²) < 4.78 is 7.20. The molecule has 0 aliphatic heterocycles. The first-order chi connectivity index (χ1) is 12.9. The molecule has 2 aromatic heterocycles. The Morgan fingerprint density at radius 3 is 2.41 bits per heavy atom. The number of hydrogen-bond donors (Lipinski definition) is 0. The lowest BCUT2D eigenvalue weighted by Gasteiger charge is -2.19. The predicted octanol–water partition coefficient (Wildman–Crippen LogP) is 3.55. The van der Waals surface area contributed by atoms with Crippen LogP contribution in [-0.4, -0.2) is 40.3 Å². The Morgan fingerprint density at radius 1 is 1.19 bits per heavy atom. The summed E-state index contributed by atoms with van der Waals surface area (Å²) in [5.74, 6) is 0.420. The van der Waals surface area contributed by atoms with Crippen molar-refractivity contribution in [3.63, 3.8) is 0 Å². The van der Waals surface area contributed by atoms with Crippen molar-refractivity contribution in [2.45, 2.75) is 27.7 Å². The first kappa shape index (κ1) is 18.6. The highest BCUT2D eigenvalue weighted by Crippen LogP contribution is 2.31. The molecule has 0 saturated carbocycles. The second-order valence-corrected chi connectivity index (χ2v) is 6.42. The van der Waals surface area contributed by atoms with Crippen LogP contribution in [0.15, 0.2) is 30.3 Å². The predicted molar refractivity (Wildman–Crippen MR) is 104 cm³/mol. The van der Waals surface area contributed by atoms with E-state index in [1.54, 1.807) is 14.0 Å². The summed E-state index contributed by atoms with van der Waals surface area (Å²) in [5, 5.41) is 0. The van der Waals surface area contributed by atoms with E-state index in [2.05, 4.69) is 4.98 Å². The first-order valence-electron chi connectivity index (χ1n) is 8.82. The second kappa shape index (κ2) is 7.23. The number of rotatable bonds is 5. The standard InChI is InChI=1S/C21H23N3O3/c1-6-23(12-25)21(26)20-15(4)24-14(3)13(2)22-19(24)11-18(20)16-7-9-17(27-5)10-8-16/h7-12H,6H2,1-5H3. The number of nitrogens with zero attached hydrogens (tertiary/aromatic N) is 3. The molecular weight excluding hydrogens is 342 g/mol. The number of methoxy groups -OCH3 is 1. The van der Waals surface area contributed by atoms with Crippen molar-refractivity contribution in [2.24, 2.45) is 0 Å². The lowest BCUT2D eigenvalue weighted by atomic mass is 9.97. The second-order valence-electron chi connectivity index (χ2n) is 6.42.